The summed E-state index contributed by atoms with van der Waals surface area (Å²) < 4.78 is 10.9. The van der Waals surface area contributed by atoms with Crippen molar-refractivity contribution in [2.24, 2.45) is 0 Å². The molecule has 24 heavy (non-hydrogen) atoms. The van der Waals surface area contributed by atoms with E-state index in [0.717, 1.165) is 5.56 Å². The quantitative estimate of drug-likeness (QED) is 0.764. The van der Waals surface area contributed by atoms with E-state index < -0.39 is 0 Å². The molecule has 7 heteroatoms. The number of nitrogens with zero attached hydrogens (tertiary/aromatic N) is 2. The van der Waals surface area contributed by atoms with Gasteiger partial charge in [-0.15, -0.1) is 5.10 Å². The monoisotopic (exact) mass is 343 g/mol. The Hall–Kier alpha value is -2.86. The SMILES string of the molecule is Cc1ccccc1OCC(=O)Nc1nnc(-c2ccc(Cl)cc2)o1. The Morgan fingerprint density at radius 2 is 1.92 bits per heavy atom. The van der Waals surface area contributed by atoms with Crippen molar-refractivity contribution in [3.63, 3.8) is 0 Å². The molecule has 0 bridgehead atoms. The number of hydrogen-bond acceptors (Lipinski definition) is 5. The van der Waals surface area contributed by atoms with Gasteiger partial charge in [-0.1, -0.05) is 34.9 Å². The molecule has 0 radical (unpaired) electrons. The smallest absolute Gasteiger partial charge is 0.322 e. The van der Waals surface area contributed by atoms with Crippen LogP contribution < -0.4 is 10.1 Å². The molecule has 0 fully saturated rings. The van der Waals surface area contributed by atoms with Crippen molar-refractivity contribution >= 4 is 23.5 Å². The number of aryl methyl sites for hydroxylation is 1. The molecule has 122 valence electrons. The number of carbonyl (C=O) groups is 1. The number of carbonyl (C=O) groups excluding carboxylic acids is 1. The van der Waals surface area contributed by atoms with Crippen LogP contribution in [-0.2, 0) is 4.79 Å². The van der Waals surface area contributed by atoms with E-state index in [-0.39, 0.29) is 18.5 Å². The van der Waals surface area contributed by atoms with E-state index >= 15 is 0 Å². The lowest BCUT2D eigenvalue weighted by Crippen LogP contribution is -2.20. The van der Waals surface area contributed by atoms with Crippen LogP contribution in [0.2, 0.25) is 5.02 Å². The van der Waals surface area contributed by atoms with Gasteiger partial charge in [-0.25, -0.2) is 0 Å². The van der Waals surface area contributed by atoms with E-state index in [1.165, 1.54) is 0 Å². The Labute approximate surface area is 143 Å². The molecule has 0 saturated carbocycles. The minimum atomic E-state index is -0.385. The van der Waals surface area contributed by atoms with E-state index in [1.807, 2.05) is 25.1 Å². The zero-order chi connectivity index (χ0) is 16.9. The minimum Gasteiger partial charge on any atom is -0.483 e. The lowest BCUT2D eigenvalue weighted by molar-refractivity contribution is -0.118. The highest BCUT2D eigenvalue weighted by atomic mass is 35.5. The summed E-state index contributed by atoms with van der Waals surface area (Å²) in [5.41, 5.74) is 1.66. The number of para-hydroxylation sites is 1. The van der Waals surface area contributed by atoms with Gasteiger partial charge in [-0.2, -0.15) is 0 Å². The summed E-state index contributed by atoms with van der Waals surface area (Å²) >= 11 is 5.83. The van der Waals surface area contributed by atoms with Crippen molar-refractivity contribution in [3.8, 4) is 17.2 Å². The number of halogens is 1. The molecule has 0 spiro atoms. The fraction of sp³-hybridized carbons (Fsp3) is 0.118. The summed E-state index contributed by atoms with van der Waals surface area (Å²) in [6, 6.07) is 14.4. The molecular weight excluding hydrogens is 330 g/mol. The summed E-state index contributed by atoms with van der Waals surface area (Å²) in [7, 11) is 0. The van der Waals surface area contributed by atoms with Crippen molar-refractivity contribution in [3.05, 3.63) is 59.1 Å². The van der Waals surface area contributed by atoms with E-state index in [2.05, 4.69) is 15.5 Å². The van der Waals surface area contributed by atoms with Crippen molar-refractivity contribution in [2.75, 3.05) is 11.9 Å². The molecule has 6 nitrogen and oxygen atoms in total. The predicted molar refractivity (Wildman–Crippen MR) is 90.0 cm³/mol. The second-order valence-corrected chi connectivity index (χ2v) is 5.46. The van der Waals surface area contributed by atoms with Crippen molar-refractivity contribution in [2.45, 2.75) is 6.92 Å². The van der Waals surface area contributed by atoms with E-state index in [9.17, 15) is 4.79 Å². The van der Waals surface area contributed by atoms with E-state index in [1.54, 1.807) is 30.3 Å². The second kappa shape index (κ2) is 7.14. The van der Waals surface area contributed by atoms with Crippen molar-refractivity contribution in [1.82, 2.24) is 10.2 Å². The molecule has 3 aromatic rings. The fourth-order valence-electron chi connectivity index (χ4n) is 2.00. The number of benzene rings is 2. The zero-order valence-electron chi connectivity index (χ0n) is 12.8. The molecule has 3 rings (SSSR count). The lowest BCUT2D eigenvalue weighted by Gasteiger charge is -2.07. The third-order valence-electron chi connectivity index (χ3n) is 3.21. The average molecular weight is 344 g/mol. The molecule has 2 aromatic carbocycles. The summed E-state index contributed by atoms with van der Waals surface area (Å²) in [4.78, 5) is 11.9. The molecule has 1 aromatic heterocycles. The summed E-state index contributed by atoms with van der Waals surface area (Å²) in [5, 5.41) is 10.8. The average Bonchev–Trinajstić information content (AvgIpc) is 3.03. The minimum absolute atomic E-state index is 0.0123. The maximum Gasteiger partial charge on any atom is 0.322 e. The molecular formula is C17H14ClN3O3. The van der Waals surface area contributed by atoms with Crippen LogP contribution in [0.15, 0.2) is 52.9 Å². The predicted octanol–water partition coefficient (Wildman–Crippen LogP) is 3.72. The van der Waals surface area contributed by atoms with Crippen LogP contribution >= 0.6 is 11.6 Å². The highest BCUT2D eigenvalue weighted by molar-refractivity contribution is 6.30. The number of ether oxygens (including phenoxy) is 1. The lowest BCUT2D eigenvalue weighted by atomic mass is 10.2. The normalized spacial score (nSPS) is 10.4. The van der Waals surface area contributed by atoms with Gasteiger partial charge in [0.2, 0.25) is 5.89 Å². The highest BCUT2D eigenvalue weighted by Crippen LogP contribution is 2.21. The van der Waals surface area contributed by atoms with Gasteiger partial charge in [0.15, 0.2) is 6.61 Å². The van der Waals surface area contributed by atoms with Crippen LogP contribution in [0.1, 0.15) is 5.56 Å². The zero-order valence-corrected chi connectivity index (χ0v) is 13.6. The maximum absolute atomic E-state index is 11.9. The number of nitrogens with one attached hydrogen (secondary N) is 1. The van der Waals surface area contributed by atoms with Crippen LogP contribution in [-0.4, -0.2) is 22.7 Å². The van der Waals surface area contributed by atoms with Crippen molar-refractivity contribution < 1.29 is 13.9 Å². The topological polar surface area (TPSA) is 77.2 Å². The van der Waals surface area contributed by atoms with Crippen LogP contribution in [0.4, 0.5) is 6.01 Å². The fourth-order valence-corrected chi connectivity index (χ4v) is 2.13. The molecule has 0 atom stereocenters. The first-order valence-corrected chi connectivity index (χ1v) is 7.57. The Morgan fingerprint density at radius 1 is 1.17 bits per heavy atom. The molecule has 0 aliphatic rings. The second-order valence-electron chi connectivity index (χ2n) is 5.02. The number of anilines is 1. The van der Waals surface area contributed by atoms with Crippen molar-refractivity contribution in [1.29, 1.82) is 0 Å². The van der Waals surface area contributed by atoms with Gasteiger partial charge in [0.25, 0.3) is 5.91 Å². The first kappa shape index (κ1) is 16.0. The Morgan fingerprint density at radius 3 is 2.67 bits per heavy atom. The first-order chi connectivity index (χ1) is 11.6. The largest absolute Gasteiger partial charge is 0.483 e. The van der Waals surface area contributed by atoms with Gasteiger partial charge in [-0.05, 0) is 42.8 Å². The van der Waals surface area contributed by atoms with E-state index in [0.29, 0.717) is 22.2 Å². The van der Waals surface area contributed by atoms with Gasteiger partial charge in [0.05, 0.1) is 0 Å². The third kappa shape index (κ3) is 3.91. The van der Waals surface area contributed by atoms with Crippen LogP contribution in [0, 0.1) is 6.92 Å². The summed E-state index contributed by atoms with van der Waals surface area (Å²) in [5.74, 6) is 0.561. The molecule has 0 saturated heterocycles. The number of amides is 1. The summed E-state index contributed by atoms with van der Waals surface area (Å²) in [6.07, 6.45) is 0. The van der Waals surface area contributed by atoms with Gasteiger partial charge < -0.3 is 9.15 Å². The highest BCUT2D eigenvalue weighted by Gasteiger charge is 2.12. The molecule has 0 aliphatic heterocycles. The number of aromatic nitrogens is 2. The first-order valence-electron chi connectivity index (χ1n) is 7.19. The molecule has 1 heterocycles. The number of rotatable bonds is 5. The molecule has 1 amide bonds. The standard InChI is InChI=1S/C17H14ClN3O3/c1-11-4-2-3-5-14(11)23-10-15(22)19-17-21-20-16(24-17)12-6-8-13(18)9-7-12/h2-9H,10H2,1H3,(H,19,21,22). The van der Waals surface area contributed by atoms with Crippen LogP contribution in [0.3, 0.4) is 0 Å². The third-order valence-corrected chi connectivity index (χ3v) is 3.47. The van der Waals surface area contributed by atoms with Gasteiger partial charge in [0.1, 0.15) is 5.75 Å². The maximum atomic E-state index is 11.9. The molecule has 0 aliphatic carbocycles. The van der Waals surface area contributed by atoms with E-state index in [4.69, 9.17) is 20.8 Å². The Bertz CT molecular complexity index is 846. The Balaban J connectivity index is 1.59. The van der Waals surface area contributed by atoms with Gasteiger partial charge in [0, 0.05) is 10.6 Å². The molecule has 0 unspecified atom stereocenters. The number of hydrogen-bond donors (Lipinski definition) is 1. The van der Waals surface area contributed by atoms with Crippen LogP contribution in [0.5, 0.6) is 5.75 Å². The summed E-state index contributed by atoms with van der Waals surface area (Å²) in [6.45, 7) is 1.76. The Kier molecular flexibility index (Phi) is 4.77. The van der Waals surface area contributed by atoms with Gasteiger partial charge in [-0.3, -0.25) is 10.1 Å². The molecule has 1 N–H and O–H groups in total. The van der Waals surface area contributed by atoms with Crippen LogP contribution in [0.25, 0.3) is 11.5 Å². The van der Waals surface area contributed by atoms with Gasteiger partial charge >= 0.3 is 6.01 Å².